The van der Waals surface area contributed by atoms with E-state index in [-0.39, 0.29) is 11.5 Å². The van der Waals surface area contributed by atoms with Crippen LogP contribution < -0.4 is 0 Å². The summed E-state index contributed by atoms with van der Waals surface area (Å²) >= 11 is 0. The summed E-state index contributed by atoms with van der Waals surface area (Å²) in [4.78, 5) is 13.0. The summed E-state index contributed by atoms with van der Waals surface area (Å²) in [6.07, 6.45) is 3.41. The minimum absolute atomic E-state index is 0.253. The molecule has 0 bridgehead atoms. The Bertz CT molecular complexity index is 572. The fraction of sp³-hybridized carbons (Fsp3) is 0.375. The van der Waals surface area contributed by atoms with E-state index in [0.29, 0.717) is 13.1 Å². The van der Waals surface area contributed by atoms with Crippen molar-refractivity contribution in [3.05, 3.63) is 48.0 Å². The number of aromatic nitrogens is 2. The highest BCUT2D eigenvalue weighted by molar-refractivity contribution is 5.25. The Morgan fingerprint density at radius 1 is 0.773 bits per heavy atom. The first-order valence-electron chi connectivity index (χ1n) is 7.43. The van der Waals surface area contributed by atoms with Crippen LogP contribution in [0.15, 0.2) is 36.7 Å². The molecule has 2 aromatic heterocycles. The van der Waals surface area contributed by atoms with Crippen LogP contribution in [-0.2, 0) is 13.1 Å². The molecule has 3 heterocycles. The van der Waals surface area contributed by atoms with Gasteiger partial charge < -0.3 is 10.2 Å². The van der Waals surface area contributed by atoms with Crippen molar-refractivity contribution in [2.75, 3.05) is 26.2 Å². The number of nitrogens with zero attached hydrogens (tertiary/aromatic N) is 4. The Balaban J connectivity index is 1.52. The standard InChI is InChI=1S/C16H20N4O2/c21-15-3-1-5-17-13(15)11-19-7-9-20(10-8-19)12-14-16(22)4-2-6-18-14/h1-6,21-22H,7-12H2. The van der Waals surface area contributed by atoms with E-state index in [9.17, 15) is 10.2 Å². The Labute approximate surface area is 129 Å². The fourth-order valence-corrected chi connectivity index (χ4v) is 2.63. The van der Waals surface area contributed by atoms with E-state index in [4.69, 9.17) is 0 Å². The molecule has 0 atom stereocenters. The van der Waals surface area contributed by atoms with E-state index in [2.05, 4.69) is 19.8 Å². The van der Waals surface area contributed by atoms with Crippen molar-refractivity contribution in [2.45, 2.75) is 13.1 Å². The van der Waals surface area contributed by atoms with Crippen molar-refractivity contribution in [1.29, 1.82) is 0 Å². The molecule has 1 saturated heterocycles. The van der Waals surface area contributed by atoms with Crippen molar-refractivity contribution in [3.8, 4) is 11.5 Å². The molecule has 2 N–H and O–H groups in total. The third-order valence-electron chi connectivity index (χ3n) is 3.94. The SMILES string of the molecule is Oc1cccnc1CN1CCN(Cc2ncccc2O)CC1. The third-order valence-corrected chi connectivity index (χ3v) is 3.94. The summed E-state index contributed by atoms with van der Waals surface area (Å²) in [5.74, 6) is 0.506. The summed E-state index contributed by atoms with van der Waals surface area (Å²) in [6.45, 7) is 4.95. The van der Waals surface area contributed by atoms with E-state index in [1.165, 1.54) is 0 Å². The Hall–Kier alpha value is -2.18. The van der Waals surface area contributed by atoms with Crippen molar-refractivity contribution in [2.24, 2.45) is 0 Å². The van der Waals surface area contributed by atoms with Crippen LogP contribution in [0, 0.1) is 0 Å². The summed E-state index contributed by atoms with van der Waals surface area (Å²) in [5, 5.41) is 19.6. The normalized spacial score (nSPS) is 16.7. The van der Waals surface area contributed by atoms with Crippen LogP contribution in [0.1, 0.15) is 11.4 Å². The molecule has 6 nitrogen and oxygen atoms in total. The summed E-state index contributed by atoms with van der Waals surface area (Å²) in [6, 6.07) is 6.80. The maximum atomic E-state index is 9.78. The molecule has 0 unspecified atom stereocenters. The number of hydrogen-bond donors (Lipinski definition) is 2. The van der Waals surface area contributed by atoms with E-state index in [1.807, 2.05) is 0 Å². The fourth-order valence-electron chi connectivity index (χ4n) is 2.63. The van der Waals surface area contributed by atoms with Gasteiger partial charge in [0.2, 0.25) is 0 Å². The van der Waals surface area contributed by atoms with Gasteiger partial charge in [0.1, 0.15) is 11.5 Å². The molecule has 1 aliphatic rings. The van der Waals surface area contributed by atoms with Gasteiger partial charge >= 0.3 is 0 Å². The second-order valence-electron chi connectivity index (χ2n) is 5.49. The number of hydrogen-bond acceptors (Lipinski definition) is 6. The number of aromatic hydroxyl groups is 2. The molecule has 0 aromatic carbocycles. The third kappa shape index (κ3) is 3.52. The number of pyridine rings is 2. The molecule has 1 fully saturated rings. The lowest BCUT2D eigenvalue weighted by Crippen LogP contribution is -2.45. The van der Waals surface area contributed by atoms with Crippen LogP contribution in [0.25, 0.3) is 0 Å². The van der Waals surface area contributed by atoms with Crippen molar-refractivity contribution < 1.29 is 10.2 Å². The predicted molar refractivity (Wildman–Crippen MR) is 82.4 cm³/mol. The molecule has 116 valence electrons. The highest BCUT2D eigenvalue weighted by atomic mass is 16.3. The van der Waals surface area contributed by atoms with Gasteiger partial charge in [0.15, 0.2) is 0 Å². The van der Waals surface area contributed by atoms with Gasteiger partial charge in [-0.3, -0.25) is 19.8 Å². The molecule has 0 amide bonds. The zero-order chi connectivity index (χ0) is 15.4. The summed E-state index contributed by atoms with van der Waals surface area (Å²) < 4.78 is 0. The highest BCUT2D eigenvalue weighted by Crippen LogP contribution is 2.18. The summed E-state index contributed by atoms with van der Waals surface area (Å²) in [5.41, 5.74) is 1.44. The maximum absolute atomic E-state index is 9.78. The van der Waals surface area contributed by atoms with Gasteiger partial charge in [-0.05, 0) is 24.3 Å². The van der Waals surface area contributed by atoms with E-state index < -0.39 is 0 Å². The van der Waals surface area contributed by atoms with E-state index in [1.54, 1.807) is 36.7 Å². The van der Waals surface area contributed by atoms with E-state index >= 15 is 0 Å². The zero-order valence-electron chi connectivity index (χ0n) is 12.4. The highest BCUT2D eigenvalue weighted by Gasteiger charge is 2.19. The Morgan fingerprint density at radius 3 is 1.55 bits per heavy atom. The zero-order valence-corrected chi connectivity index (χ0v) is 12.4. The molecule has 22 heavy (non-hydrogen) atoms. The largest absolute Gasteiger partial charge is 0.506 e. The summed E-state index contributed by atoms with van der Waals surface area (Å²) in [7, 11) is 0. The molecule has 2 aromatic rings. The second kappa shape index (κ2) is 6.72. The first-order valence-corrected chi connectivity index (χ1v) is 7.43. The molecule has 1 aliphatic heterocycles. The van der Waals surface area contributed by atoms with Gasteiger partial charge in [-0.1, -0.05) is 0 Å². The van der Waals surface area contributed by atoms with Gasteiger partial charge in [-0.15, -0.1) is 0 Å². The topological polar surface area (TPSA) is 72.7 Å². The average Bonchev–Trinajstić information content (AvgIpc) is 2.54. The average molecular weight is 300 g/mol. The Kier molecular flexibility index (Phi) is 4.50. The predicted octanol–water partition coefficient (Wildman–Crippen LogP) is 1.21. The van der Waals surface area contributed by atoms with Crippen LogP contribution in [0.2, 0.25) is 0 Å². The van der Waals surface area contributed by atoms with Gasteiger partial charge in [-0.25, -0.2) is 0 Å². The Morgan fingerprint density at radius 2 is 1.18 bits per heavy atom. The molecule has 0 aliphatic carbocycles. The molecule has 0 radical (unpaired) electrons. The van der Waals surface area contributed by atoms with Gasteiger partial charge in [0, 0.05) is 51.7 Å². The minimum Gasteiger partial charge on any atom is -0.506 e. The van der Waals surface area contributed by atoms with Crippen LogP contribution in [0.5, 0.6) is 11.5 Å². The smallest absolute Gasteiger partial charge is 0.138 e. The van der Waals surface area contributed by atoms with Crippen molar-refractivity contribution in [3.63, 3.8) is 0 Å². The first kappa shape index (κ1) is 14.7. The monoisotopic (exact) mass is 300 g/mol. The lowest BCUT2D eigenvalue weighted by atomic mass is 10.2. The lowest BCUT2D eigenvalue weighted by Gasteiger charge is -2.34. The van der Waals surface area contributed by atoms with E-state index in [0.717, 1.165) is 37.6 Å². The first-order chi connectivity index (χ1) is 10.7. The number of piperazine rings is 1. The van der Waals surface area contributed by atoms with Gasteiger partial charge in [0.25, 0.3) is 0 Å². The van der Waals surface area contributed by atoms with Gasteiger partial charge in [0.05, 0.1) is 11.4 Å². The van der Waals surface area contributed by atoms with Crippen LogP contribution >= 0.6 is 0 Å². The molecule has 0 spiro atoms. The van der Waals surface area contributed by atoms with Crippen LogP contribution in [-0.4, -0.2) is 56.2 Å². The van der Waals surface area contributed by atoms with Crippen LogP contribution in [0.4, 0.5) is 0 Å². The second-order valence-corrected chi connectivity index (χ2v) is 5.49. The molecule has 0 saturated carbocycles. The maximum Gasteiger partial charge on any atom is 0.138 e. The molecular formula is C16H20N4O2. The lowest BCUT2D eigenvalue weighted by molar-refractivity contribution is 0.118. The van der Waals surface area contributed by atoms with Crippen molar-refractivity contribution in [1.82, 2.24) is 19.8 Å². The van der Waals surface area contributed by atoms with Gasteiger partial charge in [-0.2, -0.15) is 0 Å². The minimum atomic E-state index is 0.253. The molecular weight excluding hydrogens is 280 g/mol. The quantitative estimate of drug-likeness (QED) is 0.884. The molecule has 6 heteroatoms. The van der Waals surface area contributed by atoms with Crippen molar-refractivity contribution >= 4 is 0 Å². The van der Waals surface area contributed by atoms with Crippen LogP contribution in [0.3, 0.4) is 0 Å². The molecule has 3 rings (SSSR count). The number of rotatable bonds is 4.